The first-order valence-corrected chi connectivity index (χ1v) is 8.20. The number of nitro benzene ring substituents is 1. The van der Waals surface area contributed by atoms with Crippen LogP contribution in [0.4, 0.5) is 16.2 Å². The number of nitro groups is 1. The Bertz CT molecular complexity index is 776. The summed E-state index contributed by atoms with van der Waals surface area (Å²) in [5.41, 5.74) is 5.84. The van der Waals surface area contributed by atoms with E-state index in [4.69, 9.17) is 5.73 Å². The van der Waals surface area contributed by atoms with E-state index in [1.807, 2.05) is 6.92 Å². The Morgan fingerprint density at radius 1 is 1.46 bits per heavy atom. The number of carbonyl (C=O) groups is 1. The van der Waals surface area contributed by atoms with Gasteiger partial charge < -0.3 is 15.8 Å². The quantitative estimate of drug-likeness (QED) is 0.397. The van der Waals surface area contributed by atoms with E-state index < -0.39 is 11.0 Å². The second-order valence-corrected chi connectivity index (χ2v) is 5.91. The molecule has 0 fully saturated rings. The minimum atomic E-state index is -0.788. The minimum absolute atomic E-state index is 0.0288. The molecule has 0 saturated carbocycles. The lowest BCUT2D eigenvalue weighted by Gasteiger charge is -2.17. The Morgan fingerprint density at radius 2 is 2.23 bits per heavy atom. The van der Waals surface area contributed by atoms with Gasteiger partial charge >= 0.3 is 6.09 Å². The first kappa shape index (κ1) is 19.2. The number of benzene rings is 1. The smallest absolute Gasteiger partial charge is 0.404 e. The van der Waals surface area contributed by atoms with Gasteiger partial charge in [0.05, 0.1) is 17.1 Å². The van der Waals surface area contributed by atoms with Gasteiger partial charge in [0.2, 0.25) is 0 Å². The molecular formula is C16H22N6O4. The summed E-state index contributed by atoms with van der Waals surface area (Å²) >= 11 is 0. The van der Waals surface area contributed by atoms with E-state index in [-0.39, 0.29) is 18.3 Å². The van der Waals surface area contributed by atoms with Crippen molar-refractivity contribution in [3.63, 3.8) is 0 Å². The maximum atomic E-state index is 11.4. The molecule has 0 aliphatic rings. The standard InChI is InChI=1S/C16H22N6O4/c1-11(6-3-4-9-26-16(17)23)19-14-12(15-18-10-21(2)20-15)7-5-8-13(14)22(24)25/h5,7-8,10-11,19H,3-4,6,9H2,1-2H3,(H2,17,23). The van der Waals surface area contributed by atoms with Gasteiger partial charge in [-0.2, -0.15) is 5.10 Å². The van der Waals surface area contributed by atoms with Crippen LogP contribution in [0, 0.1) is 10.1 Å². The molecule has 2 rings (SSSR count). The average molecular weight is 362 g/mol. The molecule has 1 unspecified atom stereocenters. The largest absolute Gasteiger partial charge is 0.450 e. The highest BCUT2D eigenvalue weighted by molar-refractivity contribution is 5.81. The van der Waals surface area contributed by atoms with Gasteiger partial charge in [0, 0.05) is 19.2 Å². The number of anilines is 1. The molecule has 10 nitrogen and oxygen atoms in total. The molecule has 1 amide bonds. The minimum Gasteiger partial charge on any atom is -0.450 e. The number of ether oxygens (including phenoxy) is 1. The number of amides is 1. The Labute approximate surface area is 150 Å². The van der Waals surface area contributed by atoms with Crippen LogP contribution in [0.5, 0.6) is 0 Å². The number of hydrogen-bond donors (Lipinski definition) is 2. The lowest BCUT2D eigenvalue weighted by Crippen LogP contribution is -2.18. The van der Waals surface area contributed by atoms with E-state index in [1.54, 1.807) is 30.2 Å². The second-order valence-electron chi connectivity index (χ2n) is 5.91. The number of nitrogens with zero attached hydrogens (tertiary/aromatic N) is 4. The van der Waals surface area contributed by atoms with Crippen molar-refractivity contribution in [2.75, 3.05) is 11.9 Å². The van der Waals surface area contributed by atoms with Crippen molar-refractivity contribution in [2.24, 2.45) is 12.8 Å². The summed E-state index contributed by atoms with van der Waals surface area (Å²) < 4.78 is 6.22. The molecule has 1 atom stereocenters. The van der Waals surface area contributed by atoms with Crippen molar-refractivity contribution >= 4 is 17.5 Å². The van der Waals surface area contributed by atoms with Crippen LogP contribution in [-0.4, -0.2) is 38.4 Å². The third-order valence-corrected chi connectivity index (χ3v) is 3.75. The fourth-order valence-electron chi connectivity index (χ4n) is 2.54. The maximum Gasteiger partial charge on any atom is 0.404 e. The topological polar surface area (TPSA) is 138 Å². The van der Waals surface area contributed by atoms with E-state index in [2.05, 4.69) is 20.1 Å². The number of carbonyl (C=O) groups excluding carboxylic acids is 1. The zero-order chi connectivity index (χ0) is 19.1. The monoisotopic (exact) mass is 362 g/mol. The summed E-state index contributed by atoms with van der Waals surface area (Å²) in [6.07, 6.45) is 2.94. The third kappa shape index (κ3) is 5.16. The Kier molecular flexibility index (Phi) is 6.48. The number of rotatable bonds is 9. The molecule has 140 valence electrons. The first-order chi connectivity index (χ1) is 12.4. The van der Waals surface area contributed by atoms with Crippen LogP contribution >= 0.6 is 0 Å². The van der Waals surface area contributed by atoms with Gasteiger partial charge in [-0.3, -0.25) is 14.8 Å². The van der Waals surface area contributed by atoms with Crippen molar-refractivity contribution in [2.45, 2.75) is 32.2 Å². The predicted molar refractivity (Wildman–Crippen MR) is 95.6 cm³/mol. The molecule has 1 aromatic heterocycles. The van der Waals surface area contributed by atoms with Gasteiger partial charge in [-0.25, -0.2) is 9.78 Å². The van der Waals surface area contributed by atoms with Crippen LogP contribution in [0.1, 0.15) is 26.2 Å². The number of aromatic nitrogens is 3. The van der Waals surface area contributed by atoms with Crippen LogP contribution in [0.2, 0.25) is 0 Å². The van der Waals surface area contributed by atoms with Gasteiger partial charge in [-0.1, -0.05) is 6.07 Å². The molecule has 1 aromatic carbocycles. The number of nitrogens with two attached hydrogens (primary N) is 1. The van der Waals surface area contributed by atoms with Crippen molar-refractivity contribution in [1.29, 1.82) is 0 Å². The van der Waals surface area contributed by atoms with E-state index in [0.717, 1.165) is 12.8 Å². The summed E-state index contributed by atoms with van der Waals surface area (Å²) in [4.78, 5) is 25.7. The fourth-order valence-corrected chi connectivity index (χ4v) is 2.54. The molecule has 1 heterocycles. The maximum absolute atomic E-state index is 11.4. The Hall–Kier alpha value is -3.17. The van der Waals surface area contributed by atoms with Crippen molar-refractivity contribution < 1.29 is 14.5 Å². The number of nitrogens with one attached hydrogen (secondary N) is 1. The molecule has 2 aromatic rings. The van der Waals surface area contributed by atoms with Crippen LogP contribution < -0.4 is 11.1 Å². The lowest BCUT2D eigenvalue weighted by atomic mass is 10.1. The summed E-state index contributed by atoms with van der Waals surface area (Å²) in [6.45, 7) is 2.19. The van der Waals surface area contributed by atoms with E-state index >= 15 is 0 Å². The van der Waals surface area contributed by atoms with Gasteiger partial charge in [0.1, 0.15) is 12.0 Å². The highest BCUT2D eigenvalue weighted by Gasteiger charge is 2.21. The van der Waals surface area contributed by atoms with Crippen molar-refractivity contribution in [3.8, 4) is 11.4 Å². The van der Waals surface area contributed by atoms with Crippen LogP contribution in [0.15, 0.2) is 24.5 Å². The number of para-hydroxylation sites is 1. The predicted octanol–water partition coefficient (Wildman–Crippen LogP) is 2.46. The van der Waals surface area contributed by atoms with Gasteiger partial charge in [0.25, 0.3) is 5.69 Å². The summed E-state index contributed by atoms with van der Waals surface area (Å²) in [7, 11) is 1.73. The first-order valence-electron chi connectivity index (χ1n) is 8.20. The second kappa shape index (κ2) is 8.79. The fraction of sp³-hybridized carbons (Fsp3) is 0.438. The van der Waals surface area contributed by atoms with Crippen LogP contribution in [0.3, 0.4) is 0 Å². The molecule has 0 bridgehead atoms. The lowest BCUT2D eigenvalue weighted by molar-refractivity contribution is -0.383. The number of primary amides is 1. The van der Waals surface area contributed by atoms with E-state index in [9.17, 15) is 14.9 Å². The van der Waals surface area contributed by atoms with Crippen LogP contribution in [-0.2, 0) is 11.8 Å². The number of aryl methyl sites for hydroxylation is 1. The molecule has 3 N–H and O–H groups in total. The average Bonchev–Trinajstić information content (AvgIpc) is 3.00. The zero-order valence-electron chi connectivity index (χ0n) is 14.7. The molecule has 0 aliphatic heterocycles. The van der Waals surface area contributed by atoms with Crippen LogP contribution in [0.25, 0.3) is 11.4 Å². The normalized spacial score (nSPS) is 11.8. The molecular weight excluding hydrogens is 340 g/mol. The molecule has 0 aliphatic carbocycles. The number of hydrogen-bond acceptors (Lipinski definition) is 7. The van der Waals surface area contributed by atoms with Gasteiger partial charge in [-0.05, 0) is 32.3 Å². The Balaban J connectivity index is 2.11. The van der Waals surface area contributed by atoms with E-state index in [0.29, 0.717) is 23.5 Å². The van der Waals surface area contributed by atoms with Crippen molar-refractivity contribution in [1.82, 2.24) is 14.8 Å². The van der Waals surface area contributed by atoms with Gasteiger partial charge in [0.15, 0.2) is 5.82 Å². The third-order valence-electron chi connectivity index (χ3n) is 3.75. The molecule has 0 radical (unpaired) electrons. The van der Waals surface area contributed by atoms with Crippen molar-refractivity contribution in [3.05, 3.63) is 34.6 Å². The van der Waals surface area contributed by atoms with Gasteiger partial charge in [-0.15, -0.1) is 0 Å². The Morgan fingerprint density at radius 3 is 2.85 bits per heavy atom. The highest BCUT2D eigenvalue weighted by Crippen LogP contribution is 2.34. The summed E-state index contributed by atoms with van der Waals surface area (Å²) in [5, 5.41) is 18.9. The zero-order valence-corrected chi connectivity index (χ0v) is 14.7. The molecule has 26 heavy (non-hydrogen) atoms. The molecule has 0 spiro atoms. The number of unbranched alkanes of at least 4 members (excludes halogenated alkanes) is 1. The summed E-state index contributed by atoms with van der Waals surface area (Å²) in [5.74, 6) is 0.417. The highest BCUT2D eigenvalue weighted by atomic mass is 16.6. The molecule has 0 saturated heterocycles. The summed E-state index contributed by atoms with van der Waals surface area (Å²) in [6, 6.07) is 4.77. The SMILES string of the molecule is CC(CCCCOC(N)=O)Nc1c(-c2ncn(C)n2)cccc1[N+](=O)[O-]. The molecule has 10 heteroatoms. The van der Waals surface area contributed by atoms with E-state index in [1.165, 1.54) is 6.07 Å².